The molecule has 0 saturated heterocycles. The third-order valence-corrected chi connectivity index (χ3v) is 5.80. The van der Waals surface area contributed by atoms with E-state index in [4.69, 9.17) is 25.8 Å². The van der Waals surface area contributed by atoms with E-state index >= 15 is 0 Å². The Kier molecular flexibility index (Phi) is 8.13. The minimum atomic E-state index is -0.613. The highest BCUT2D eigenvalue weighted by Crippen LogP contribution is 2.36. The van der Waals surface area contributed by atoms with Crippen LogP contribution in [0.4, 0.5) is 0 Å². The molecule has 164 valence electrons. The number of esters is 1. The van der Waals surface area contributed by atoms with Crippen molar-refractivity contribution >= 4 is 29.4 Å². The minimum absolute atomic E-state index is 0.230. The van der Waals surface area contributed by atoms with Crippen LogP contribution in [-0.4, -0.2) is 32.6 Å². The predicted octanol–water partition coefficient (Wildman–Crippen LogP) is 5.84. The molecule has 0 N–H and O–H groups in total. The van der Waals surface area contributed by atoms with Crippen LogP contribution < -0.4 is 9.47 Å². The molecule has 1 aliphatic carbocycles. The Morgan fingerprint density at radius 2 is 1.74 bits per heavy atom. The van der Waals surface area contributed by atoms with E-state index in [0.29, 0.717) is 33.6 Å². The van der Waals surface area contributed by atoms with Crippen molar-refractivity contribution < 1.29 is 23.8 Å². The van der Waals surface area contributed by atoms with Crippen molar-refractivity contribution in [1.82, 2.24) is 0 Å². The van der Waals surface area contributed by atoms with Crippen LogP contribution >= 0.6 is 11.6 Å². The Morgan fingerprint density at radius 3 is 2.39 bits per heavy atom. The fourth-order valence-corrected chi connectivity index (χ4v) is 4.14. The molecule has 1 fully saturated rings. The normalized spacial score (nSPS) is 14.4. The molecule has 0 spiro atoms. The van der Waals surface area contributed by atoms with Gasteiger partial charge in [-0.15, -0.1) is 0 Å². The van der Waals surface area contributed by atoms with E-state index in [9.17, 15) is 9.59 Å². The number of ether oxygens (including phenoxy) is 3. The highest BCUT2D eigenvalue weighted by atomic mass is 35.5. The van der Waals surface area contributed by atoms with Crippen molar-refractivity contribution in [2.45, 2.75) is 38.0 Å². The summed E-state index contributed by atoms with van der Waals surface area (Å²) in [6, 6.07) is 11.0. The zero-order valence-corrected chi connectivity index (χ0v) is 18.6. The van der Waals surface area contributed by atoms with Gasteiger partial charge in [-0.3, -0.25) is 4.79 Å². The molecule has 0 amide bonds. The third kappa shape index (κ3) is 6.11. The second-order valence-corrected chi connectivity index (χ2v) is 7.97. The number of carbonyl (C=O) groups excluding carboxylic acids is 2. The van der Waals surface area contributed by atoms with Crippen molar-refractivity contribution in [1.29, 1.82) is 0 Å². The summed E-state index contributed by atoms with van der Waals surface area (Å²) in [5.74, 6) is 0.619. The topological polar surface area (TPSA) is 61.8 Å². The van der Waals surface area contributed by atoms with Crippen molar-refractivity contribution in [3.05, 3.63) is 64.2 Å². The SMILES string of the molecule is COc1cc(C=CC(=O)OCC(=O)c2ccc(C3CCCCC3)cc2)cc(Cl)c1OC. The van der Waals surface area contributed by atoms with Gasteiger partial charge in [-0.25, -0.2) is 4.79 Å². The summed E-state index contributed by atoms with van der Waals surface area (Å²) in [4.78, 5) is 24.4. The van der Waals surface area contributed by atoms with E-state index in [0.717, 1.165) is 0 Å². The molecule has 1 saturated carbocycles. The van der Waals surface area contributed by atoms with Crippen LogP contribution in [0.2, 0.25) is 5.02 Å². The monoisotopic (exact) mass is 442 g/mol. The first-order valence-corrected chi connectivity index (χ1v) is 10.8. The second-order valence-electron chi connectivity index (χ2n) is 7.56. The average molecular weight is 443 g/mol. The van der Waals surface area contributed by atoms with Crippen LogP contribution in [0.15, 0.2) is 42.5 Å². The van der Waals surface area contributed by atoms with Crippen molar-refractivity contribution in [2.24, 2.45) is 0 Å². The number of hydrogen-bond donors (Lipinski definition) is 0. The summed E-state index contributed by atoms with van der Waals surface area (Å²) in [5, 5.41) is 0.363. The van der Waals surface area contributed by atoms with Crippen LogP contribution in [0.5, 0.6) is 11.5 Å². The quantitative estimate of drug-likeness (QED) is 0.292. The molecule has 0 bridgehead atoms. The summed E-state index contributed by atoms with van der Waals surface area (Å²) >= 11 is 6.16. The van der Waals surface area contributed by atoms with Crippen LogP contribution in [0, 0.1) is 0 Å². The van der Waals surface area contributed by atoms with Gasteiger partial charge >= 0.3 is 5.97 Å². The highest BCUT2D eigenvalue weighted by molar-refractivity contribution is 6.32. The molecule has 2 aromatic rings. The van der Waals surface area contributed by atoms with Gasteiger partial charge in [0.25, 0.3) is 0 Å². The smallest absolute Gasteiger partial charge is 0.331 e. The lowest BCUT2D eigenvalue weighted by Gasteiger charge is -2.22. The van der Waals surface area contributed by atoms with Gasteiger partial charge in [-0.1, -0.05) is 55.1 Å². The number of ketones is 1. The maximum atomic E-state index is 12.4. The van der Waals surface area contributed by atoms with Gasteiger partial charge in [0, 0.05) is 11.6 Å². The summed E-state index contributed by atoms with van der Waals surface area (Å²) < 4.78 is 15.5. The Bertz CT molecular complexity index is 943. The molecule has 31 heavy (non-hydrogen) atoms. The summed E-state index contributed by atoms with van der Waals surface area (Å²) in [5.41, 5.74) is 2.47. The zero-order chi connectivity index (χ0) is 22.2. The molecule has 3 rings (SSSR count). The molecular formula is C25H27ClO5. The Morgan fingerprint density at radius 1 is 1.03 bits per heavy atom. The van der Waals surface area contributed by atoms with Crippen molar-refractivity contribution in [3.8, 4) is 11.5 Å². The lowest BCUT2D eigenvalue weighted by molar-refractivity contribution is -0.136. The number of halogens is 1. The van der Waals surface area contributed by atoms with Crippen molar-refractivity contribution in [3.63, 3.8) is 0 Å². The maximum Gasteiger partial charge on any atom is 0.331 e. The first-order valence-electron chi connectivity index (χ1n) is 10.4. The van der Waals surface area contributed by atoms with E-state index in [-0.39, 0.29) is 12.4 Å². The van der Waals surface area contributed by atoms with E-state index in [1.54, 1.807) is 18.2 Å². The average Bonchev–Trinajstić information content (AvgIpc) is 2.81. The summed E-state index contributed by atoms with van der Waals surface area (Å²) in [6.45, 7) is -0.307. The highest BCUT2D eigenvalue weighted by Gasteiger charge is 2.16. The van der Waals surface area contributed by atoms with Gasteiger partial charge < -0.3 is 14.2 Å². The predicted molar refractivity (Wildman–Crippen MR) is 121 cm³/mol. The summed E-state index contributed by atoms with van der Waals surface area (Å²) in [6.07, 6.45) is 9.06. The van der Waals surface area contributed by atoms with Crippen LogP contribution in [0.1, 0.15) is 59.5 Å². The molecule has 1 aliphatic rings. The van der Waals surface area contributed by atoms with Gasteiger partial charge in [-0.05, 0) is 48.1 Å². The molecule has 0 aliphatic heterocycles. The van der Waals surface area contributed by atoms with Crippen LogP contribution in [-0.2, 0) is 9.53 Å². The Balaban J connectivity index is 1.54. The van der Waals surface area contributed by atoms with E-state index in [1.807, 2.05) is 24.3 Å². The first-order chi connectivity index (χ1) is 15.0. The Hall–Kier alpha value is -2.79. The molecule has 0 atom stereocenters. The standard InChI is InChI=1S/C25H27ClO5/c1-29-23-15-17(14-21(26)25(23)30-2)8-13-24(28)31-16-22(27)20-11-9-19(10-12-20)18-6-4-3-5-7-18/h8-15,18H,3-7,16H2,1-2H3. The Labute approximate surface area is 188 Å². The van der Waals surface area contributed by atoms with E-state index < -0.39 is 5.97 Å². The number of carbonyl (C=O) groups is 2. The molecule has 6 heteroatoms. The molecule has 0 heterocycles. The van der Waals surface area contributed by atoms with Gasteiger partial charge in [0.2, 0.25) is 0 Å². The van der Waals surface area contributed by atoms with Crippen LogP contribution in [0.25, 0.3) is 6.08 Å². The molecule has 0 unspecified atom stereocenters. The maximum absolute atomic E-state index is 12.4. The van der Waals surface area contributed by atoms with Crippen LogP contribution in [0.3, 0.4) is 0 Å². The largest absolute Gasteiger partial charge is 0.493 e. The summed E-state index contributed by atoms with van der Waals surface area (Å²) in [7, 11) is 3.00. The zero-order valence-electron chi connectivity index (χ0n) is 17.9. The number of methoxy groups -OCH3 is 2. The fourth-order valence-electron chi connectivity index (χ4n) is 3.84. The molecule has 0 radical (unpaired) electrons. The van der Waals surface area contributed by atoms with Crippen molar-refractivity contribution in [2.75, 3.05) is 20.8 Å². The van der Waals surface area contributed by atoms with E-state index in [1.165, 1.54) is 58.0 Å². The second kappa shape index (κ2) is 11.0. The van der Waals surface area contributed by atoms with Gasteiger partial charge in [0.1, 0.15) is 0 Å². The van der Waals surface area contributed by atoms with E-state index in [2.05, 4.69) is 0 Å². The van der Waals surface area contributed by atoms with Gasteiger partial charge in [-0.2, -0.15) is 0 Å². The molecule has 2 aromatic carbocycles. The minimum Gasteiger partial charge on any atom is -0.493 e. The third-order valence-electron chi connectivity index (χ3n) is 5.52. The number of benzene rings is 2. The number of hydrogen-bond acceptors (Lipinski definition) is 5. The first kappa shape index (κ1) is 22.9. The van der Waals surface area contributed by atoms with Gasteiger partial charge in [0.15, 0.2) is 23.9 Å². The lowest BCUT2D eigenvalue weighted by atomic mass is 9.84. The number of Topliss-reactive ketones (excluding diaryl/α,β-unsaturated/α-hetero) is 1. The molecule has 0 aromatic heterocycles. The lowest BCUT2D eigenvalue weighted by Crippen LogP contribution is -2.13. The number of rotatable bonds is 8. The van der Waals surface area contributed by atoms with Gasteiger partial charge in [0.05, 0.1) is 19.2 Å². The molecule has 5 nitrogen and oxygen atoms in total. The molecular weight excluding hydrogens is 416 g/mol. The fraction of sp³-hybridized carbons (Fsp3) is 0.360.